The van der Waals surface area contributed by atoms with Crippen molar-refractivity contribution >= 4 is 48.3 Å². The number of rotatable bonds is 6. The summed E-state index contributed by atoms with van der Waals surface area (Å²) in [4.78, 5) is 60.2. The Morgan fingerprint density at radius 1 is 0.879 bits per heavy atom. The maximum atomic E-state index is 13.1. The summed E-state index contributed by atoms with van der Waals surface area (Å²) >= 11 is -0.544. The average molecular weight is 528 g/mol. The molecule has 1 aliphatic rings. The second kappa shape index (κ2) is 10.3. The van der Waals surface area contributed by atoms with Crippen molar-refractivity contribution in [2.24, 2.45) is 0 Å². The standard InChI is InChI=1S/C21H23NO10Se/c1-10(23)28-9-15-17(29-11(2)24)18(30-12(3)25)19(31-13(4)26)21(32-15)22-20(27)14-7-5-6-8-16(14)33-22/h5-8,15,17-19,21H,9H2,1-4H3/t15-,17+,18+,19-,21-/m1/s1. The molecule has 1 aromatic carbocycles. The summed E-state index contributed by atoms with van der Waals surface area (Å²) < 4.78 is 29.5. The van der Waals surface area contributed by atoms with Gasteiger partial charge in [-0.3, -0.25) is 0 Å². The molecule has 0 N–H and O–H groups in total. The zero-order valence-corrected chi connectivity index (χ0v) is 20.1. The van der Waals surface area contributed by atoms with E-state index in [1.54, 1.807) is 24.3 Å². The first-order valence-electron chi connectivity index (χ1n) is 9.99. The van der Waals surface area contributed by atoms with Gasteiger partial charge < -0.3 is 0 Å². The summed E-state index contributed by atoms with van der Waals surface area (Å²) in [6, 6.07) is 7.00. The van der Waals surface area contributed by atoms with E-state index in [0.717, 1.165) is 25.0 Å². The van der Waals surface area contributed by atoms with E-state index in [-0.39, 0.29) is 12.2 Å². The topological polar surface area (TPSA) is 136 Å². The van der Waals surface area contributed by atoms with Crippen LogP contribution in [0.5, 0.6) is 0 Å². The fourth-order valence-corrected chi connectivity index (χ4v) is 5.77. The van der Waals surface area contributed by atoms with Gasteiger partial charge in [0.05, 0.1) is 0 Å². The van der Waals surface area contributed by atoms with E-state index in [1.807, 2.05) is 0 Å². The summed E-state index contributed by atoms with van der Waals surface area (Å²) in [5, 5.41) is 0.477. The van der Waals surface area contributed by atoms with Crippen LogP contribution < -0.4 is 5.56 Å². The summed E-state index contributed by atoms with van der Waals surface area (Å²) in [5.74, 6) is -2.79. The van der Waals surface area contributed by atoms with E-state index in [0.29, 0.717) is 5.39 Å². The number of ether oxygens (including phenoxy) is 5. The van der Waals surface area contributed by atoms with Gasteiger partial charge >= 0.3 is 194 Å². The molecule has 12 heteroatoms. The van der Waals surface area contributed by atoms with Crippen molar-refractivity contribution in [3.05, 3.63) is 34.6 Å². The van der Waals surface area contributed by atoms with E-state index < -0.39 is 69.3 Å². The average Bonchev–Trinajstić information content (AvgIpc) is 3.05. The summed E-state index contributed by atoms with van der Waals surface area (Å²) in [7, 11) is 0. The van der Waals surface area contributed by atoms with E-state index in [9.17, 15) is 24.0 Å². The third-order valence-electron chi connectivity index (χ3n) is 4.71. The Labute approximate surface area is 194 Å². The van der Waals surface area contributed by atoms with Crippen LogP contribution >= 0.6 is 0 Å². The molecule has 11 nitrogen and oxygen atoms in total. The Balaban J connectivity index is 2.13. The number of fused-ring (bicyclic) bond motifs is 1. The Bertz CT molecular complexity index is 1120. The molecular weight excluding hydrogens is 505 g/mol. The normalized spacial score (nSPS) is 24.7. The third-order valence-corrected chi connectivity index (χ3v) is 7.07. The first kappa shape index (κ1) is 24.7. The van der Waals surface area contributed by atoms with Gasteiger partial charge in [-0.1, -0.05) is 0 Å². The van der Waals surface area contributed by atoms with E-state index in [4.69, 9.17) is 23.7 Å². The minimum atomic E-state index is -1.32. The van der Waals surface area contributed by atoms with Crippen LogP contribution in [0.3, 0.4) is 0 Å². The molecule has 33 heavy (non-hydrogen) atoms. The molecule has 0 unspecified atom stereocenters. The monoisotopic (exact) mass is 529 g/mol. The number of hydrogen-bond donors (Lipinski definition) is 0. The van der Waals surface area contributed by atoms with E-state index in [2.05, 4.69) is 0 Å². The van der Waals surface area contributed by atoms with Crippen LogP contribution in [0.15, 0.2) is 29.1 Å². The molecule has 1 saturated heterocycles. The van der Waals surface area contributed by atoms with Gasteiger partial charge in [-0.15, -0.1) is 0 Å². The molecule has 0 amide bonds. The molecular formula is C21H23NO10Se. The Hall–Kier alpha value is -2.95. The molecule has 2 heterocycles. The molecule has 0 saturated carbocycles. The number of hydrogen-bond acceptors (Lipinski definition) is 10. The minimum absolute atomic E-state index is 0.351. The number of benzene rings is 1. The van der Waals surface area contributed by atoms with Crippen LogP contribution in [0.2, 0.25) is 0 Å². The Morgan fingerprint density at radius 3 is 2.03 bits per heavy atom. The van der Waals surface area contributed by atoms with E-state index >= 15 is 0 Å². The predicted octanol–water partition coefficient (Wildman–Crippen LogP) is 0.314. The van der Waals surface area contributed by atoms with E-state index in [1.165, 1.54) is 10.5 Å². The first-order chi connectivity index (χ1) is 15.6. The van der Waals surface area contributed by atoms with Crippen LogP contribution in [0.4, 0.5) is 0 Å². The Morgan fingerprint density at radius 2 is 1.45 bits per heavy atom. The second-order valence-corrected chi connectivity index (χ2v) is 9.44. The summed E-state index contributed by atoms with van der Waals surface area (Å²) in [6.45, 7) is 4.28. The fraction of sp³-hybridized carbons (Fsp3) is 0.476. The summed E-state index contributed by atoms with van der Waals surface area (Å²) in [6.07, 6.45) is -6.18. The van der Waals surface area contributed by atoms with Crippen LogP contribution in [-0.2, 0) is 42.9 Å². The predicted molar refractivity (Wildman–Crippen MR) is 112 cm³/mol. The van der Waals surface area contributed by atoms with Gasteiger partial charge in [0.15, 0.2) is 0 Å². The maximum absolute atomic E-state index is 13.1. The number of carbonyl (C=O) groups is 4. The molecule has 0 radical (unpaired) electrons. The van der Waals surface area contributed by atoms with Crippen LogP contribution in [0.1, 0.15) is 33.9 Å². The number of aromatic nitrogens is 1. The van der Waals surface area contributed by atoms with Crippen molar-refractivity contribution in [1.82, 2.24) is 3.56 Å². The molecule has 0 bridgehead atoms. The van der Waals surface area contributed by atoms with Crippen molar-refractivity contribution in [2.75, 3.05) is 6.61 Å². The van der Waals surface area contributed by atoms with Crippen molar-refractivity contribution in [3.8, 4) is 0 Å². The SMILES string of the molecule is CC(=O)OC[C@H]1O[C@@H](n2[se]c3ccccc3c2=O)[C@H](OC(C)=O)[C@@H](OC(C)=O)[C@H]1OC(C)=O. The fourth-order valence-electron chi connectivity index (χ4n) is 3.55. The first-order valence-corrected chi connectivity index (χ1v) is 11.6. The van der Waals surface area contributed by atoms with Gasteiger partial charge in [0, 0.05) is 0 Å². The molecule has 1 fully saturated rings. The zero-order chi connectivity index (χ0) is 24.3. The molecule has 1 aliphatic heterocycles. The van der Waals surface area contributed by atoms with Gasteiger partial charge in [-0.2, -0.15) is 0 Å². The number of carbonyl (C=O) groups excluding carboxylic acids is 4. The van der Waals surface area contributed by atoms with Gasteiger partial charge in [0.25, 0.3) is 0 Å². The second-order valence-electron chi connectivity index (χ2n) is 7.31. The van der Waals surface area contributed by atoms with Crippen LogP contribution in [0.25, 0.3) is 9.65 Å². The summed E-state index contributed by atoms with van der Waals surface area (Å²) in [5.41, 5.74) is -0.355. The molecule has 0 aliphatic carbocycles. The molecule has 2 aromatic rings. The van der Waals surface area contributed by atoms with Crippen molar-refractivity contribution in [3.63, 3.8) is 0 Å². The quantitative estimate of drug-likeness (QED) is 0.293. The van der Waals surface area contributed by atoms with Gasteiger partial charge in [-0.05, 0) is 0 Å². The molecule has 3 rings (SSSR count). The van der Waals surface area contributed by atoms with Crippen LogP contribution in [0, 0.1) is 0 Å². The van der Waals surface area contributed by atoms with Gasteiger partial charge in [0.1, 0.15) is 0 Å². The number of esters is 4. The zero-order valence-electron chi connectivity index (χ0n) is 18.3. The van der Waals surface area contributed by atoms with Gasteiger partial charge in [-0.25, -0.2) is 0 Å². The molecule has 178 valence electrons. The molecule has 1 aromatic heterocycles. The van der Waals surface area contributed by atoms with Crippen molar-refractivity contribution in [1.29, 1.82) is 0 Å². The molecule has 5 atom stereocenters. The van der Waals surface area contributed by atoms with Crippen molar-refractivity contribution in [2.45, 2.75) is 58.3 Å². The van der Waals surface area contributed by atoms with Crippen molar-refractivity contribution < 1.29 is 42.9 Å². The molecule has 0 spiro atoms. The van der Waals surface area contributed by atoms with Gasteiger partial charge in [0.2, 0.25) is 0 Å². The Kier molecular flexibility index (Phi) is 7.72. The number of nitrogens with zero attached hydrogens (tertiary/aromatic N) is 1. The van der Waals surface area contributed by atoms with Crippen LogP contribution in [-0.4, -0.2) is 73.2 Å². The third kappa shape index (κ3) is 5.70.